The van der Waals surface area contributed by atoms with Crippen LogP contribution in [0.15, 0.2) is 42.5 Å². The van der Waals surface area contributed by atoms with E-state index in [0.29, 0.717) is 28.6 Å². The van der Waals surface area contributed by atoms with Crippen LogP contribution in [-0.2, 0) is 26.2 Å². The van der Waals surface area contributed by atoms with E-state index in [1.807, 2.05) is 13.8 Å². The maximum atomic E-state index is 14.3. The molecule has 11 heteroatoms. The molecule has 0 bridgehead atoms. The second kappa shape index (κ2) is 13.8. The van der Waals surface area contributed by atoms with E-state index < -0.39 is 21.9 Å². The summed E-state index contributed by atoms with van der Waals surface area (Å²) in [6.45, 7) is 4.20. The molecule has 0 aromatic heterocycles. The smallest absolute Gasteiger partial charge is 0.242 e. The fraction of sp³-hybridized carbons (Fsp3) is 0.440. The van der Waals surface area contributed by atoms with Crippen LogP contribution in [0.4, 0.5) is 10.1 Å². The Bertz CT molecular complexity index is 1160. The van der Waals surface area contributed by atoms with E-state index in [0.717, 1.165) is 17.0 Å². The molecule has 36 heavy (non-hydrogen) atoms. The molecule has 0 unspecified atom stereocenters. The highest BCUT2D eigenvalue weighted by Gasteiger charge is 2.29. The van der Waals surface area contributed by atoms with Gasteiger partial charge < -0.3 is 10.2 Å². The predicted molar refractivity (Wildman–Crippen MR) is 142 cm³/mol. The molecule has 2 aromatic carbocycles. The summed E-state index contributed by atoms with van der Waals surface area (Å²) < 4.78 is 39.9. The Balaban J connectivity index is 2.25. The van der Waals surface area contributed by atoms with Crippen LogP contribution in [0.3, 0.4) is 0 Å². The van der Waals surface area contributed by atoms with Crippen LogP contribution in [0, 0.1) is 5.82 Å². The minimum Gasteiger partial charge on any atom is -0.354 e. The summed E-state index contributed by atoms with van der Waals surface area (Å²) in [7, 11) is -3.79. The number of nitrogens with zero attached hydrogens (tertiary/aromatic N) is 2. The lowest BCUT2D eigenvalue weighted by atomic mass is 10.1. The van der Waals surface area contributed by atoms with Gasteiger partial charge in [0.1, 0.15) is 11.9 Å². The Hall–Kier alpha value is -2.36. The van der Waals surface area contributed by atoms with Gasteiger partial charge in [0.05, 0.1) is 11.9 Å². The zero-order valence-corrected chi connectivity index (χ0v) is 23.0. The van der Waals surface area contributed by atoms with Gasteiger partial charge >= 0.3 is 0 Å². The molecular weight excluding hydrogens is 528 g/mol. The number of carbonyl (C=O) groups excluding carboxylic acids is 2. The number of carbonyl (C=O) groups is 2. The highest BCUT2D eigenvalue weighted by atomic mass is 35.5. The second-order valence-electron chi connectivity index (χ2n) is 8.36. The first-order valence-corrected chi connectivity index (χ1v) is 14.3. The van der Waals surface area contributed by atoms with E-state index >= 15 is 0 Å². The van der Waals surface area contributed by atoms with Crippen LogP contribution in [0.25, 0.3) is 0 Å². The van der Waals surface area contributed by atoms with E-state index in [1.165, 1.54) is 23.1 Å². The molecule has 0 heterocycles. The third kappa shape index (κ3) is 8.35. The van der Waals surface area contributed by atoms with Crippen molar-refractivity contribution in [2.45, 2.75) is 52.1 Å². The summed E-state index contributed by atoms with van der Waals surface area (Å²) in [5, 5.41) is 3.65. The van der Waals surface area contributed by atoms with Crippen molar-refractivity contribution < 1.29 is 22.4 Å². The van der Waals surface area contributed by atoms with E-state index in [2.05, 4.69) is 5.32 Å². The fourth-order valence-corrected chi connectivity index (χ4v) is 5.19. The molecule has 0 aliphatic heterocycles. The Labute approximate surface area is 222 Å². The third-order valence-corrected chi connectivity index (χ3v) is 7.33. The fourth-order valence-electron chi connectivity index (χ4n) is 3.76. The zero-order chi connectivity index (χ0) is 26.9. The number of sulfonamides is 1. The number of nitrogens with one attached hydrogen (secondary N) is 1. The highest BCUT2D eigenvalue weighted by molar-refractivity contribution is 7.92. The minimum atomic E-state index is -3.79. The van der Waals surface area contributed by atoms with Gasteiger partial charge in [-0.1, -0.05) is 55.2 Å². The molecule has 1 N–H and O–H groups in total. The summed E-state index contributed by atoms with van der Waals surface area (Å²) in [5.74, 6) is -1.30. The molecule has 0 aliphatic rings. The Morgan fingerprint density at radius 3 is 2.39 bits per heavy atom. The van der Waals surface area contributed by atoms with Gasteiger partial charge in [-0.05, 0) is 49.1 Å². The molecule has 198 valence electrons. The molecule has 0 radical (unpaired) electrons. The van der Waals surface area contributed by atoms with Gasteiger partial charge in [0.25, 0.3) is 0 Å². The van der Waals surface area contributed by atoms with Crippen LogP contribution in [0.5, 0.6) is 0 Å². The second-order valence-corrected chi connectivity index (χ2v) is 11.1. The first-order chi connectivity index (χ1) is 17.0. The van der Waals surface area contributed by atoms with Gasteiger partial charge in [-0.15, -0.1) is 0 Å². The average Bonchev–Trinajstić information content (AvgIpc) is 2.81. The van der Waals surface area contributed by atoms with Gasteiger partial charge in [-0.3, -0.25) is 13.9 Å². The number of rotatable bonds is 13. The lowest BCUT2D eigenvalue weighted by Gasteiger charge is -2.31. The Morgan fingerprint density at radius 1 is 1.11 bits per heavy atom. The van der Waals surface area contributed by atoms with Gasteiger partial charge in [0.15, 0.2) is 0 Å². The van der Waals surface area contributed by atoms with Crippen molar-refractivity contribution >= 4 is 50.7 Å². The molecular formula is C25H32Cl2FN3O4S. The summed E-state index contributed by atoms with van der Waals surface area (Å²) in [4.78, 5) is 27.7. The first-order valence-electron chi connectivity index (χ1n) is 11.7. The number of amides is 2. The van der Waals surface area contributed by atoms with Crippen LogP contribution >= 0.6 is 23.2 Å². The van der Waals surface area contributed by atoms with Crippen molar-refractivity contribution in [3.63, 3.8) is 0 Å². The van der Waals surface area contributed by atoms with E-state index in [9.17, 15) is 22.4 Å². The molecule has 0 saturated heterocycles. The molecule has 2 aromatic rings. The van der Waals surface area contributed by atoms with Crippen molar-refractivity contribution in [3.05, 3.63) is 63.9 Å². The molecule has 7 nitrogen and oxygen atoms in total. The quantitative estimate of drug-likeness (QED) is 0.373. The predicted octanol–water partition coefficient (Wildman–Crippen LogP) is 5.01. The molecule has 0 aliphatic carbocycles. The maximum Gasteiger partial charge on any atom is 0.242 e. The monoisotopic (exact) mass is 559 g/mol. The largest absolute Gasteiger partial charge is 0.354 e. The normalized spacial score (nSPS) is 12.2. The number of para-hydroxylation sites is 1. The van der Waals surface area contributed by atoms with Crippen LogP contribution < -0.4 is 9.62 Å². The topological polar surface area (TPSA) is 86.8 Å². The number of hydrogen-bond acceptors (Lipinski definition) is 4. The molecule has 1 atom stereocenters. The maximum absolute atomic E-state index is 14.3. The van der Waals surface area contributed by atoms with E-state index in [-0.39, 0.29) is 43.4 Å². The van der Waals surface area contributed by atoms with Gasteiger partial charge in [0, 0.05) is 36.1 Å². The minimum absolute atomic E-state index is 0.0523. The highest BCUT2D eigenvalue weighted by Crippen LogP contribution is 2.25. The number of anilines is 1. The number of hydrogen-bond donors (Lipinski definition) is 1. The van der Waals surface area contributed by atoms with Crippen molar-refractivity contribution in [1.29, 1.82) is 0 Å². The van der Waals surface area contributed by atoms with Gasteiger partial charge in [0.2, 0.25) is 21.8 Å². The zero-order valence-electron chi connectivity index (χ0n) is 20.6. The summed E-state index contributed by atoms with van der Waals surface area (Å²) in [6, 6.07) is 9.74. The van der Waals surface area contributed by atoms with Crippen molar-refractivity contribution in [2.24, 2.45) is 0 Å². The summed E-state index contributed by atoms with van der Waals surface area (Å²) >= 11 is 12.3. The average molecular weight is 561 g/mol. The van der Waals surface area contributed by atoms with Crippen molar-refractivity contribution in [2.75, 3.05) is 23.7 Å². The van der Waals surface area contributed by atoms with E-state index in [4.69, 9.17) is 23.2 Å². The molecule has 2 amide bonds. The number of halogens is 3. The summed E-state index contributed by atoms with van der Waals surface area (Å²) in [5.41, 5.74) is 0.544. The Morgan fingerprint density at radius 2 is 1.81 bits per heavy atom. The molecule has 0 fully saturated rings. The van der Waals surface area contributed by atoms with Crippen LogP contribution in [-0.4, -0.2) is 50.5 Å². The Kier molecular flexibility index (Phi) is 11.5. The van der Waals surface area contributed by atoms with Crippen LogP contribution in [0.1, 0.15) is 45.1 Å². The lowest BCUT2D eigenvalue weighted by molar-refractivity contribution is -0.141. The summed E-state index contributed by atoms with van der Waals surface area (Å²) in [6.07, 6.45) is 2.18. The van der Waals surface area contributed by atoms with Gasteiger partial charge in [-0.2, -0.15) is 0 Å². The van der Waals surface area contributed by atoms with Crippen molar-refractivity contribution in [3.8, 4) is 0 Å². The van der Waals surface area contributed by atoms with Gasteiger partial charge in [-0.25, -0.2) is 12.8 Å². The van der Waals surface area contributed by atoms with Crippen LogP contribution in [0.2, 0.25) is 10.0 Å². The third-order valence-electron chi connectivity index (χ3n) is 5.56. The van der Waals surface area contributed by atoms with E-state index in [1.54, 1.807) is 24.3 Å². The molecule has 0 spiro atoms. The first kappa shape index (κ1) is 29.9. The SMILES string of the molecule is CCCNC(=O)[C@H](CC)N(Cc1ccc(Cl)cc1Cl)C(=O)CCCN(c1ccccc1F)S(C)(=O)=O. The molecule has 2 rings (SSSR count). The lowest BCUT2D eigenvalue weighted by Crippen LogP contribution is -2.49. The molecule has 0 saturated carbocycles. The van der Waals surface area contributed by atoms with Crippen molar-refractivity contribution in [1.82, 2.24) is 10.2 Å². The number of benzene rings is 2. The standard InChI is InChI=1S/C25H32Cl2FN3O4S/c1-4-14-29-25(33)22(5-2)30(17-18-12-13-19(26)16-20(18)27)24(32)11-8-15-31(36(3,34)35)23-10-7-6-9-21(23)28/h6-7,9-10,12-13,16,22H,4-5,8,11,14-15,17H2,1-3H3,(H,29,33)/t22-/m0/s1.